The van der Waals surface area contributed by atoms with Gasteiger partial charge in [-0.3, -0.25) is 9.78 Å². The maximum atomic E-state index is 13.2. The first-order valence-electron chi connectivity index (χ1n) is 10.6. The number of carbonyl (C=O) groups excluding carboxylic acids is 1. The molecule has 0 bridgehead atoms. The van der Waals surface area contributed by atoms with Crippen LogP contribution in [0.3, 0.4) is 0 Å². The molecule has 2 aromatic heterocycles. The van der Waals surface area contributed by atoms with Gasteiger partial charge in [-0.25, -0.2) is 4.98 Å². The van der Waals surface area contributed by atoms with Gasteiger partial charge in [0.25, 0.3) is 0 Å². The van der Waals surface area contributed by atoms with E-state index in [0.29, 0.717) is 35.9 Å². The summed E-state index contributed by atoms with van der Waals surface area (Å²) in [7, 11) is 0. The minimum Gasteiger partial charge on any atom is -0.354 e. The highest BCUT2D eigenvalue weighted by atomic mass is 35.5. The third kappa shape index (κ3) is 4.95. The lowest BCUT2D eigenvalue weighted by Crippen LogP contribution is -2.34. The Morgan fingerprint density at radius 2 is 1.81 bits per heavy atom. The van der Waals surface area contributed by atoms with Crippen LogP contribution in [0.1, 0.15) is 36.5 Å². The third-order valence-corrected chi connectivity index (χ3v) is 6.14. The molecule has 4 rings (SSSR count). The van der Waals surface area contributed by atoms with Gasteiger partial charge >= 0.3 is 0 Å². The maximum absolute atomic E-state index is 13.2. The van der Waals surface area contributed by atoms with Crippen molar-refractivity contribution in [1.82, 2.24) is 19.9 Å². The molecule has 0 fully saturated rings. The number of benzene rings is 2. The van der Waals surface area contributed by atoms with Crippen LogP contribution >= 0.6 is 23.2 Å². The quantitative estimate of drug-likeness (QED) is 0.365. The smallest absolute Gasteiger partial charge is 0.243 e. The van der Waals surface area contributed by atoms with Crippen LogP contribution < -0.4 is 5.32 Å². The minimum absolute atomic E-state index is 0.0527. The number of imidazole rings is 1. The summed E-state index contributed by atoms with van der Waals surface area (Å²) in [6.07, 6.45) is 3.64. The van der Waals surface area contributed by atoms with Gasteiger partial charge in [0.1, 0.15) is 11.9 Å². The lowest BCUT2D eigenvalue weighted by Gasteiger charge is -2.20. The van der Waals surface area contributed by atoms with Crippen LogP contribution in [0, 0.1) is 0 Å². The van der Waals surface area contributed by atoms with Crippen molar-refractivity contribution in [3.8, 4) is 0 Å². The van der Waals surface area contributed by atoms with Gasteiger partial charge < -0.3 is 9.88 Å². The number of aromatic nitrogens is 3. The van der Waals surface area contributed by atoms with Gasteiger partial charge in [0.05, 0.1) is 21.1 Å². The Hall–Kier alpha value is -2.89. The monoisotopic (exact) mass is 466 g/mol. The Morgan fingerprint density at radius 1 is 1.06 bits per heavy atom. The zero-order chi connectivity index (χ0) is 22.5. The molecular formula is C25H24Cl2N4O. The molecule has 0 aliphatic heterocycles. The molecule has 2 heterocycles. The minimum atomic E-state index is -0.417. The fraction of sp³-hybridized carbons (Fsp3) is 0.240. The number of amides is 1. The highest BCUT2D eigenvalue weighted by molar-refractivity contribution is 6.42. The van der Waals surface area contributed by atoms with E-state index in [4.69, 9.17) is 28.2 Å². The Bertz CT molecular complexity index is 1210. The van der Waals surface area contributed by atoms with E-state index in [-0.39, 0.29) is 5.91 Å². The first-order valence-corrected chi connectivity index (χ1v) is 11.4. The van der Waals surface area contributed by atoms with E-state index in [2.05, 4.69) is 22.4 Å². The van der Waals surface area contributed by atoms with Crippen LogP contribution in [0.25, 0.3) is 11.0 Å². The highest BCUT2D eigenvalue weighted by Crippen LogP contribution is 2.31. The zero-order valence-corrected chi connectivity index (χ0v) is 19.3. The van der Waals surface area contributed by atoms with Gasteiger partial charge in [-0.15, -0.1) is 0 Å². The summed E-state index contributed by atoms with van der Waals surface area (Å²) in [6.45, 7) is 2.51. The predicted octanol–water partition coefficient (Wildman–Crippen LogP) is 5.64. The van der Waals surface area contributed by atoms with Crippen molar-refractivity contribution >= 4 is 40.1 Å². The number of nitrogens with one attached hydrogen (secondary N) is 1. The predicted molar refractivity (Wildman–Crippen MR) is 129 cm³/mol. The lowest BCUT2D eigenvalue weighted by molar-refractivity contribution is -0.124. The van der Waals surface area contributed by atoms with E-state index in [1.54, 1.807) is 18.3 Å². The van der Waals surface area contributed by atoms with E-state index in [9.17, 15) is 4.79 Å². The molecule has 0 spiro atoms. The highest BCUT2D eigenvalue weighted by Gasteiger charge is 2.25. The van der Waals surface area contributed by atoms with Crippen molar-refractivity contribution in [1.29, 1.82) is 0 Å². The molecule has 32 heavy (non-hydrogen) atoms. The topological polar surface area (TPSA) is 59.8 Å². The summed E-state index contributed by atoms with van der Waals surface area (Å²) in [5.74, 6) is 0.749. The standard InChI is InChI=1S/C25H24Cl2N4O/c1-2-22(25(32)29-13-11-18-10-6-7-12-28-18)31-23-16-20(27)19(26)15-21(23)30-24(31)14-17-8-4-3-5-9-17/h3-10,12,15-16,22H,2,11,13-14H2,1H3,(H,29,32)/t22-/m1/s1. The van der Waals surface area contributed by atoms with Gasteiger partial charge in [-0.2, -0.15) is 0 Å². The van der Waals surface area contributed by atoms with Gasteiger partial charge in [0.15, 0.2) is 0 Å². The summed E-state index contributed by atoms with van der Waals surface area (Å²) in [5.41, 5.74) is 3.59. The van der Waals surface area contributed by atoms with E-state index >= 15 is 0 Å². The Morgan fingerprint density at radius 3 is 2.53 bits per heavy atom. The molecule has 164 valence electrons. The molecule has 1 atom stereocenters. The number of carbonyl (C=O) groups is 1. The molecule has 0 aliphatic carbocycles. The van der Waals surface area contributed by atoms with Crippen molar-refractivity contribution < 1.29 is 4.79 Å². The molecule has 0 aliphatic rings. The van der Waals surface area contributed by atoms with Crippen LogP contribution in [-0.2, 0) is 17.6 Å². The number of halogens is 2. The van der Waals surface area contributed by atoms with E-state index in [1.807, 2.05) is 47.9 Å². The van der Waals surface area contributed by atoms with Crippen molar-refractivity contribution in [2.45, 2.75) is 32.2 Å². The number of fused-ring (bicyclic) bond motifs is 1. The lowest BCUT2D eigenvalue weighted by atomic mass is 10.1. The van der Waals surface area contributed by atoms with Crippen molar-refractivity contribution in [3.63, 3.8) is 0 Å². The van der Waals surface area contributed by atoms with Crippen LogP contribution in [0.5, 0.6) is 0 Å². The first kappa shape index (κ1) is 22.3. The summed E-state index contributed by atoms with van der Waals surface area (Å²) in [5, 5.41) is 3.95. The third-order valence-electron chi connectivity index (χ3n) is 5.42. The number of nitrogens with zero attached hydrogens (tertiary/aromatic N) is 3. The van der Waals surface area contributed by atoms with Gasteiger partial charge in [0.2, 0.25) is 5.91 Å². The Balaban J connectivity index is 1.65. The van der Waals surface area contributed by atoms with Crippen LogP contribution in [0.4, 0.5) is 0 Å². The first-order chi connectivity index (χ1) is 15.6. The summed E-state index contributed by atoms with van der Waals surface area (Å²) in [4.78, 5) is 22.4. The number of hydrogen-bond acceptors (Lipinski definition) is 3. The molecule has 0 saturated carbocycles. The SMILES string of the molecule is CC[C@H](C(=O)NCCc1ccccn1)n1c(Cc2ccccc2)nc2cc(Cl)c(Cl)cc21. The van der Waals surface area contributed by atoms with Gasteiger partial charge in [-0.1, -0.05) is 66.5 Å². The molecule has 1 amide bonds. The fourth-order valence-electron chi connectivity index (χ4n) is 3.85. The van der Waals surface area contributed by atoms with Crippen LogP contribution in [0.2, 0.25) is 10.0 Å². The molecule has 4 aromatic rings. The summed E-state index contributed by atoms with van der Waals surface area (Å²) < 4.78 is 2.00. The second-order valence-corrected chi connectivity index (χ2v) is 8.42. The Kier molecular flexibility index (Phi) is 7.08. The summed E-state index contributed by atoms with van der Waals surface area (Å²) >= 11 is 12.6. The van der Waals surface area contributed by atoms with Crippen LogP contribution in [0.15, 0.2) is 66.9 Å². The molecule has 0 unspecified atom stereocenters. The van der Waals surface area contributed by atoms with Gasteiger partial charge in [-0.05, 0) is 36.2 Å². The number of hydrogen-bond donors (Lipinski definition) is 1. The number of rotatable bonds is 8. The molecular weight excluding hydrogens is 443 g/mol. The average Bonchev–Trinajstić information content (AvgIpc) is 3.12. The number of pyridine rings is 1. The maximum Gasteiger partial charge on any atom is 0.243 e. The van der Waals surface area contributed by atoms with E-state index in [1.165, 1.54) is 0 Å². The molecule has 0 radical (unpaired) electrons. The van der Waals surface area contributed by atoms with E-state index in [0.717, 1.165) is 28.1 Å². The average molecular weight is 467 g/mol. The molecule has 5 nitrogen and oxygen atoms in total. The summed E-state index contributed by atoms with van der Waals surface area (Å²) in [6, 6.07) is 19.0. The zero-order valence-electron chi connectivity index (χ0n) is 17.8. The molecule has 2 aromatic carbocycles. The molecule has 7 heteroatoms. The van der Waals surface area contributed by atoms with Gasteiger partial charge in [0, 0.05) is 31.3 Å². The van der Waals surface area contributed by atoms with Crippen LogP contribution in [-0.4, -0.2) is 27.0 Å². The Labute approximate surface area is 197 Å². The second-order valence-electron chi connectivity index (χ2n) is 7.60. The molecule has 1 N–H and O–H groups in total. The normalized spacial score (nSPS) is 12.1. The fourth-order valence-corrected chi connectivity index (χ4v) is 4.17. The van der Waals surface area contributed by atoms with E-state index < -0.39 is 6.04 Å². The second kappa shape index (κ2) is 10.2. The molecule has 0 saturated heterocycles. The van der Waals surface area contributed by atoms with Crippen molar-refractivity contribution in [2.75, 3.05) is 6.54 Å². The largest absolute Gasteiger partial charge is 0.354 e. The van der Waals surface area contributed by atoms with Crippen molar-refractivity contribution in [2.24, 2.45) is 0 Å². The van der Waals surface area contributed by atoms with Crippen molar-refractivity contribution in [3.05, 3.63) is 94.0 Å².